The molecule has 0 unspecified atom stereocenters. The molecule has 0 amide bonds. The highest BCUT2D eigenvalue weighted by atomic mass is 16.5. The maximum atomic E-state index is 12.4. The van der Waals surface area contributed by atoms with Crippen LogP contribution in [0, 0.1) is 0 Å². The maximum Gasteiger partial charge on any atom is 0.335 e. The average Bonchev–Trinajstić information content (AvgIpc) is 2.71. The number of benzene rings is 1. The number of aromatic nitrogens is 2. The Labute approximate surface area is 117 Å². The Bertz CT molecular complexity index is 709. The molecule has 2 aromatic rings. The number of hydrogen-bond donors (Lipinski definition) is 0. The SMILES string of the molecule is C=C(Cn1c(=O)n(CC)c2ccccc21)C(=O)OCC. The number of ether oxygens (including phenoxy) is 1. The Balaban J connectivity index is 2.45. The van der Waals surface area contributed by atoms with E-state index in [0.717, 1.165) is 11.0 Å². The van der Waals surface area contributed by atoms with Crippen molar-refractivity contribution in [2.45, 2.75) is 26.9 Å². The fourth-order valence-electron chi connectivity index (χ4n) is 2.22. The fraction of sp³-hybridized carbons (Fsp3) is 0.333. The predicted octanol–water partition coefficient (Wildman–Crippen LogP) is 1.94. The summed E-state index contributed by atoms with van der Waals surface area (Å²) in [6.07, 6.45) is 0. The van der Waals surface area contributed by atoms with E-state index in [1.165, 1.54) is 0 Å². The third-order valence-electron chi connectivity index (χ3n) is 3.15. The van der Waals surface area contributed by atoms with Gasteiger partial charge >= 0.3 is 11.7 Å². The standard InChI is InChI=1S/C15H18N2O3/c1-4-16-12-8-6-7-9-13(12)17(15(16)19)10-11(3)14(18)20-5-2/h6-9H,3-5,10H2,1-2H3. The van der Waals surface area contributed by atoms with E-state index in [-0.39, 0.29) is 17.8 Å². The molecule has 5 nitrogen and oxygen atoms in total. The first-order valence-corrected chi connectivity index (χ1v) is 6.63. The van der Waals surface area contributed by atoms with Crippen LogP contribution in [0.2, 0.25) is 0 Å². The lowest BCUT2D eigenvalue weighted by Crippen LogP contribution is -2.26. The first-order valence-electron chi connectivity index (χ1n) is 6.63. The van der Waals surface area contributed by atoms with Gasteiger partial charge in [-0.3, -0.25) is 9.13 Å². The lowest BCUT2D eigenvalue weighted by atomic mass is 10.2. The summed E-state index contributed by atoms with van der Waals surface area (Å²) in [5, 5.41) is 0. The van der Waals surface area contributed by atoms with Crippen LogP contribution < -0.4 is 5.69 Å². The molecule has 0 radical (unpaired) electrons. The molecule has 2 rings (SSSR count). The smallest absolute Gasteiger partial charge is 0.335 e. The summed E-state index contributed by atoms with van der Waals surface area (Å²) in [5.41, 5.74) is 1.79. The Morgan fingerprint density at radius 3 is 2.35 bits per heavy atom. The zero-order valence-electron chi connectivity index (χ0n) is 11.8. The van der Waals surface area contributed by atoms with Gasteiger partial charge in [-0.05, 0) is 26.0 Å². The third kappa shape index (κ3) is 2.39. The van der Waals surface area contributed by atoms with Crippen molar-refractivity contribution in [1.29, 1.82) is 0 Å². The van der Waals surface area contributed by atoms with Gasteiger partial charge in [-0.2, -0.15) is 0 Å². The molecule has 0 bridgehead atoms. The molecule has 1 aromatic heterocycles. The predicted molar refractivity (Wildman–Crippen MR) is 77.6 cm³/mol. The molecule has 1 aromatic carbocycles. The van der Waals surface area contributed by atoms with Crippen molar-refractivity contribution in [3.8, 4) is 0 Å². The van der Waals surface area contributed by atoms with Crippen LogP contribution in [0.4, 0.5) is 0 Å². The summed E-state index contributed by atoms with van der Waals surface area (Å²) in [5.74, 6) is -0.465. The van der Waals surface area contributed by atoms with Crippen LogP contribution in [-0.4, -0.2) is 21.7 Å². The highest BCUT2D eigenvalue weighted by molar-refractivity contribution is 5.88. The summed E-state index contributed by atoms with van der Waals surface area (Å²) in [6.45, 7) is 8.38. The number of para-hydroxylation sites is 2. The second kappa shape index (κ2) is 5.77. The highest BCUT2D eigenvalue weighted by Crippen LogP contribution is 2.14. The number of aryl methyl sites for hydroxylation is 1. The molecule has 0 saturated heterocycles. The minimum absolute atomic E-state index is 0.140. The lowest BCUT2D eigenvalue weighted by Gasteiger charge is -2.06. The number of esters is 1. The van der Waals surface area contributed by atoms with Crippen molar-refractivity contribution in [2.75, 3.05) is 6.61 Å². The molecule has 0 spiro atoms. The van der Waals surface area contributed by atoms with Crippen molar-refractivity contribution in [2.24, 2.45) is 0 Å². The van der Waals surface area contributed by atoms with Gasteiger partial charge in [0.1, 0.15) is 0 Å². The van der Waals surface area contributed by atoms with E-state index in [1.54, 1.807) is 16.1 Å². The van der Waals surface area contributed by atoms with Crippen LogP contribution in [0.3, 0.4) is 0 Å². The summed E-state index contributed by atoms with van der Waals surface area (Å²) in [7, 11) is 0. The molecule has 106 valence electrons. The van der Waals surface area contributed by atoms with Crippen LogP contribution in [-0.2, 0) is 22.6 Å². The molecule has 0 atom stereocenters. The van der Waals surface area contributed by atoms with Crippen LogP contribution in [0.25, 0.3) is 11.0 Å². The van der Waals surface area contributed by atoms with Crippen molar-refractivity contribution in [3.63, 3.8) is 0 Å². The third-order valence-corrected chi connectivity index (χ3v) is 3.15. The molecule has 5 heteroatoms. The van der Waals surface area contributed by atoms with Crippen molar-refractivity contribution in [3.05, 3.63) is 46.9 Å². The average molecular weight is 274 g/mol. The van der Waals surface area contributed by atoms with Gasteiger partial charge in [0.25, 0.3) is 0 Å². The normalized spacial score (nSPS) is 10.7. The van der Waals surface area contributed by atoms with Crippen LogP contribution in [0.15, 0.2) is 41.2 Å². The van der Waals surface area contributed by atoms with Gasteiger partial charge in [-0.25, -0.2) is 9.59 Å². The van der Waals surface area contributed by atoms with Gasteiger partial charge in [-0.15, -0.1) is 0 Å². The van der Waals surface area contributed by atoms with Gasteiger partial charge in [0.2, 0.25) is 0 Å². The maximum absolute atomic E-state index is 12.4. The van der Waals surface area contributed by atoms with Crippen molar-refractivity contribution in [1.82, 2.24) is 9.13 Å². The quantitative estimate of drug-likeness (QED) is 0.618. The zero-order valence-corrected chi connectivity index (χ0v) is 11.8. The van der Waals surface area contributed by atoms with Crippen LogP contribution >= 0.6 is 0 Å². The molecule has 0 aliphatic carbocycles. The summed E-state index contributed by atoms with van der Waals surface area (Å²) in [6, 6.07) is 7.51. The second-order valence-corrected chi connectivity index (χ2v) is 4.43. The Morgan fingerprint density at radius 1 is 1.20 bits per heavy atom. The van der Waals surface area contributed by atoms with Gasteiger partial charge < -0.3 is 4.74 Å². The summed E-state index contributed by atoms with van der Waals surface area (Å²) < 4.78 is 8.13. The van der Waals surface area contributed by atoms with E-state index < -0.39 is 5.97 Å². The first-order chi connectivity index (χ1) is 9.60. The number of carbonyl (C=O) groups excluding carboxylic acids is 1. The number of fused-ring (bicyclic) bond motifs is 1. The van der Waals surface area contributed by atoms with Gasteiger partial charge in [0.05, 0.1) is 24.2 Å². The van der Waals surface area contributed by atoms with E-state index in [1.807, 2.05) is 31.2 Å². The van der Waals surface area contributed by atoms with Crippen LogP contribution in [0.5, 0.6) is 0 Å². The van der Waals surface area contributed by atoms with E-state index in [9.17, 15) is 9.59 Å². The van der Waals surface area contributed by atoms with E-state index in [4.69, 9.17) is 4.74 Å². The zero-order chi connectivity index (χ0) is 14.7. The summed E-state index contributed by atoms with van der Waals surface area (Å²) >= 11 is 0. The monoisotopic (exact) mass is 274 g/mol. The molecule has 0 N–H and O–H groups in total. The number of hydrogen-bond acceptors (Lipinski definition) is 3. The molecule has 0 aliphatic rings. The number of imidazole rings is 1. The Hall–Kier alpha value is -2.30. The number of nitrogens with zero attached hydrogens (tertiary/aromatic N) is 2. The number of rotatable bonds is 5. The Morgan fingerprint density at radius 2 is 1.80 bits per heavy atom. The van der Waals surface area contributed by atoms with Crippen molar-refractivity contribution < 1.29 is 9.53 Å². The topological polar surface area (TPSA) is 53.2 Å². The minimum atomic E-state index is -0.465. The number of carbonyl (C=O) groups is 1. The van der Waals surface area contributed by atoms with E-state index >= 15 is 0 Å². The first kappa shape index (κ1) is 14.1. The molecule has 0 aliphatic heterocycles. The van der Waals surface area contributed by atoms with Crippen molar-refractivity contribution >= 4 is 17.0 Å². The van der Waals surface area contributed by atoms with E-state index in [2.05, 4.69) is 6.58 Å². The molecular weight excluding hydrogens is 256 g/mol. The second-order valence-electron chi connectivity index (χ2n) is 4.43. The largest absolute Gasteiger partial charge is 0.463 e. The van der Waals surface area contributed by atoms with Gasteiger partial charge in [0.15, 0.2) is 0 Å². The lowest BCUT2D eigenvalue weighted by molar-refractivity contribution is -0.138. The van der Waals surface area contributed by atoms with Crippen LogP contribution in [0.1, 0.15) is 13.8 Å². The van der Waals surface area contributed by atoms with Gasteiger partial charge in [-0.1, -0.05) is 18.7 Å². The van der Waals surface area contributed by atoms with Gasteiger partial charge in [0, 0.05) is 12.1 Å². The highest BCUT2D eigenvalue weighted by Gasteiger charge is 2.15. The van der Waals surface area contributed by atoms with E-state index in [0.29, 0.717) is 13.2 Å². The fourth-order valence-corrected chi connectivity index (χ4v) is 2.22. The molecule has 0 fully saturated rings. The molecule has 20 heavy (non-hydrogen) atoms. The summed E-state index contributed by atoms with van der Waals surface area (Å²) in [4.78, 5) is 24.0. The molecular formula is C15H18N2O3. The minimum Gasteiger partial charge on any atom is -0.463 e. The molecule has 1 heterocycles. The Kier molecular flexibility index (Phi) is 4.08. The molecule has 0 saturated carbocycles.